The summed E-state index contributed by atoms with van der Waals surface area (Å²) in [6.45, 7) is 8.61. The molecule has 5 nitrogen and oxygen atoms in total. The lowest BCUT2D eigenvalue weighted by Crippen LogP contribution is -2.37. The average molecular weight is 370 g/mol. The largest absolute Gasteiger partial charge is 0.357 e. The SMILES string of the molecule is CCNC(=NCc1nc(C)c(C)s1)NCCCSc1nccs1. The molecular formula is C15H23N5S3. The van der Waals surface area contributed by atoms with Crippen molar-refractivity contribution in [3.8, 4) is 0 Å². The molecule has 0 bridgehead atoms. The van der Waals surface area contributed by atoms with Crippen LogP contribution in [-0.2, 0) is 6.54 Å². The molecule has 0 aliphatic carbocycles. The van der Waals surface area contributed by atoms with E-state index in [4.69, 9.17) is 0 Å². The van der Waals surface area contributed by atoms with Gasteiger partial charge in [-0.2, -0.15) is 0 Å². The minimum absolute atomic E-state index is 0.628. The van der Waals surface area contributed by atoms with Gasteiger partial charge < -0.3 is 10.6 Å². The van der Waals surface area contributed by atoms with Gasteiger partial charge in [-0.3, -0.25) is 0 Å². The third-order valence-corrected chi connectivity index (χ3v) is 6.15. The average Bonchev–Trinajstić information content (AvgIpc) is 3.15. The molecule has 2 aromatic heterocycles. The van der Waals surface area contributed by atoms with Gasteiger partial charge in [-0.15, -0.1) is 22.7 Å². The molecule has 0 atom stereocenters. The Bertz CT molecular complexity index is 587. The summed E-state index contributed by atoms with van der Waals surface area (Å²) in [6.07, 6.45) is 2.92. The standard InChI is InChI=1S/C15H23N5S3/c1-4-16-14(19-10-13-20-11(2)12(3)23-13)17-6-5-8-21-15-18-7-9-22-15/h7,9H,4-6,8,10H2,1-3H3,(H2,16,17,19). The monoisotopic (exact) mass is 369 g/mol. The van der Waals surface area contributed by atoms with Crippen molar-refractivity contribution in [1.82, 2.24) is 20.6 Å². The third kappa shape index (κ3) is 6.48. The highest BCUT2D eigenvalue weighted by molar-refractivity contribution is 8.00. The second-order valence-corrected chi connectivity index (χ2v) is 8.40. The highest BCUT2D eigenvalue weighted by Gasteiger charge is 2.04. The second kappa shape index (κ2) is 9.89. The molecular weight excluding hydrogens is 346 g/mol. The summed E-state index contributed by atoms with van der Waals surface area (Å²) in [6, 6.07) is 0. The molecule has 0 amide bonds. The van der Waals surface area contributed by atoms with Crippen LogP contribution in [0.4, 0.5) is 0 Å². The van der Waals surface area contributed by atoms with Gasteiger partial charge in [-0.05, 0) is 27.2 Å². The smallest absolute Gasteiger partial charge is 0.191 e. The van der Waals surface area contributed by atoms with Gasteiger partial charge in [-0.25, -0.2) is 15.0 Å². The zero-order valence-electron chi connectivity index (χ0n) is 13.8. The number of rotatable bonds is 8. The lowest BCUT2D eigenvalue weighted by Gasteiger charge is -2.10. The number of aliphatic imine (C=N–C) groups is 1. The maximum atomic E-state index is 4.61. The molecule has 0 fully saturated rings. The summed E-state index contributed by atoms with van der Waals surface area (Å²) >= 11 is 5.22. The van der Waals surface area contributed by atoms with Crippen LogP contribution >= 0.6 is 34.4 Å². The molecule has 2 rings (SSSR count). The molecule has 0 spiro atoms. The third-order valence-electron chi connectivity index (χ3n) is 3.04. The maximum absolute atomic E-state index is 4.61. The molecule has 0 aliphatic rings. The van der Waals surface area contributed by atoms with Crippen molar-refractivity contribution in [3.63, 3.8) is 0 Å². The van der Waals surface area contributed by atoms with E-state index < -0.39 is 0 Å². The van der Waals surface area contributed by atoms with Gasteiger partial charge in [-0.1, -0.05) is 11.8 Å². The number of guanidine groups is 1. The molecule has 0 aromatic carbocycles. The van der Waals surface area contributed by atoms with Crippen LogP contribution in [0, 0.1) is 13.8 Å². The predicted molar refractivity (Wildman–Crippen MR) is 102 cm³/mol. The molecule has 0 radical (unpaired) electrons. The molecule has 0 aliphatic heterocycles. The summed E-state index contributed by atoms with van der Waals surface area (Å²) in [5.41, 5.74) is 1.11. The molecule has 2 N–H and O–H groups in total. The fraction of sp³-hybridized carbons (Fsp3) is 0.533. The molecule has 23 heavy (non-hydrogen) atoms. The number of aryl methyl sites for hydroxylation is 2. The van der Waals surface area contributed by atoms with Gasteiger partial charge in [0.05, 0.1) is 12.2 Å². The Morgan fingerprint density at radius 2 is 2.22 bits per heavy atom. The van der Waals surface area contributed by atoms with Gasteiger partial charge in [0.2, 0.25) is 0 Å². The van der Waals surface area contributed by atoms with E-state index in [1.165, 1.54) is 4.88 Å². The van der Waals surface area contributed by atoms with Crippen LogP contribution in [0.5, 0.6) is 0 Å². The Balaban J connectivity index is 1.72. The highest BCUT2D eigenvalue weighted by atomic mass is 32.2. The van der Waals surface area contributed by atoms with Gasteiger partial charge in [0, 0.05) is 35.3 Å². The van der Waals surface area contributed by atoms with E-state index >= 15 is 0 Å². The topological polar surface area (TPSA) is 62.2 Å². The van der Waals surface area contributed by atoms with Gasteiger partial charge in [0.1, 0.15) is 9.35 Å². The first-order valence-electron chi connectivity index (χ1n) is 7.66. The number of hydrogen-bond acceptors (Lipinski definition) is 6. The number of nitrogens with one attached hydrogen (secondary N) is 2. The van der Waals surface area contributed by atoms with Crippen molar-refractivity contribution in [2.75, 3.05) is 18.8 Å². The number of thioether (sulfide) groups is 1. The Labute approximate surface area is 150 Å². The second-order valence-electron chi connectivity index (χ2n) is 4.87. The molecule has 126 valence electrons. The normalized spacial score (nSPS) is 11.7. The Kier molecular flexibility index (Phi) is 7.84. The van der Waals surface area contributed by atoms with Crippen molar-refractivity contribution >= 4 is 40.4 Å². The summed E-state index contributed by atoms with van der Waals surface area (Å²) < 4.78 is 1.14. The number of aromatic nitrogens is 2. The van der Waals surface area contributed by atoms with E-state index in [1.807, 2.05) is 18.5 Å². The van der Waals surface area contributed by atoms with Crippen LogP contribution in [0.15, 0.2) is 20.9 Å². The minimum Gasteiger partial charge on any atom is -0.357 e. The van der Waals surface area contributed by atoms with Gasteiger partial charge in [0.15, 0.2) is 5.96 Å². The van der Waals surface area contributed by atoms with Crippen LogP contribution in [-0.4, -0.2) is 34.8 Å². The number of thiazole rings is 2. The van der Waals surface area contributed by atoms with E-state index in [0.717, 1.165) is 46.3 Å². The molecule has 0 unspecified atom stereocenters. The fourth-order valence-corrected chi connectivity index (χ4v) is 4.32. The fourth-order valence-electron chi connectivity index (χ4n) is 1.82. The maximum Gasteiger partial charge on any atom is 0.191 e. The Morgan fingerprint density at radius 3 is 2.87 bits per heavy atom. The zero-order valence-corrected chi connectivity index (χ0v) is 16.2. The van der Waals surface area contributed by atoms with Gasteiger partial charge in [0.25, 0.3) is 0 Å². The number of hydrogen-bond donors (Lipinski definition) is 2. The zero-order chi connectivity index (χ0) is 16.5. The molecule has 8 heteroatoms. The lowest BCUT2D eigenvalue weighted by molar-refractivity contribution is 0.788. The van der Waals surface area contributed by atoms with Crippen LogP contribution in [0.3, 0.4) is 0 Å². The summed E-state index contributed by atoms with van der Waals surface area (Å²) in [5.74, 6) is 1.92. The van der Waals surface area contributed by atoms with Crippen LogP contribution < -0.4 is 10.6 Å². The van der Waals surface area contributed by atoms with Crippen LogP contribution in [0.25, 0.3) is 0 Å². The molecule has 0 saturated heterocycles. The van der Waals surface area contributed by atoms with Gasteiger partial charge >= 0.3 is 0 Å². The summed E-state index contributed by atoms with van der Waals surface area (Å²) in [7, 11) is 0. The van der Waals surface area contributed by atoms with Crippen molar-refractivity contribution in [1.29, 1.82) is 0 Å². The van der Waals surface area contributed by atoms with Crippen molar-refractivity contribution in [2.24, 2.45) is 4.99 Å². The highest BCUT2D eigenvalue weighted by Crippen LogP contribution is 2.20. The number of nitrogens with zero attached hydrogens (tertiary/aromatic N) is 3. The van der Waals surface area contributed by atoms with E-state index in [0.29, 0.717) is 6.54 Å². The van der Waals surface area contributed by atoms with Crippen LogP contribution in [0.2, 0.25) is 0 Å². The first-order valence-corrected chi connectivity index (χ1v) is 10.3. The van der Waals surface area contributed by atoms with E-state index in [1.54, 1.807) is 34.4 Å². The molecule has 2 aromatic rings. The Morgan fingerprint density at radius 1 is 1.35 bits per heavy atom. The quantitative estimate of drug-likeness (QED) is 0.323. The first-order chi connectivity index (χ1) is 11.2. The van der Waals surface area contributed by atoms with E-state index in [-0.39, 0.29) is 0 Å². The van der Waals surface area contributed by atoms with E-state index in [2.05, 4.69) is 39.4 Å². The summed E-state index contributed by atoms with van der Waals surface area (Å²) in [5, 5.41) is 9.73. The van der Waals surface area contributed by atoms with Crippen molar-refractivity contribution < 1.29 is 0 Å². The lowest BCUT2D eigenvalue weighted by atomic mass is 10.4. The first kappa shape index (κ1) is 18.2. The minimum atomic E-state index is 0.628. The molecule has 0 saturated carbocycles. The van der Waals surface area contributed by atoms with Crippen molar-refractivity contribution in [3.05, 3.63) is 27.2 Å². The molecule has 2 heterocycles. The summed E-state index contributed by atoms with van der Waals surface area (Å²) in [4.78, 5) is 14.7. The van der Waals surface area contributed by atoms with E-state index in [9.17, 15) is 0 Å². The van der Waals surface area contributed by atoms with Crippen LogP contribution in [0.1, 0.15) is 28.9 Å². The predicted octanol–water partition coefficient (Wildman–Crippen LogP) is 3.45. The van der Waals surface area contributed by atoms with Crippen molar-refractivity contribution in [2.45, 2.75) is 38.1 Å². The Hall–Kier alpha value is -1.12.